The first-order chi connectivity index (χ1) is 14.5. The quantitative estimate of drug-likeness (QED) is 0.537. The Labute approximate surface area is 174 Å². The Kier molecular flexibility index (Phi) is 5.41. The molecule has 1 saturated heterocycles. The fraction of sp³-hybridized carbons (Fsp3) is 0.318. The Morgan fingerprint density at radius 2 is 1.50 bits per heavy atom. The van der Waals surface area contributed by atoms with Crippen LogP contribution in [0, 0.1) is 0 Å². The van der Waals surface area contributed by atoms with Gasteiger partial charge < -0.3 is 9.47 Å². The third-order valence-electron chi connectivity index (χ3n) is 5.46. The monoisotopic (exact) mass is 409 g/mol. The highest BCUT2D eigenvalue weighted by Gasteiger charge is 2.45. The molecule has 4 rings (SSSR count). The SMILES string of the molecule is COc1cc2c(cc1OC)CN(CN1C(=O)C(=O)N(Cc3ccccc3)C1=O)CC2. The van der Waals surface area contributed by atoms with Gasteiger partial charge in [-0.05, 0) is 35.2 Å². The van der Waals surface area contributed by atoms with E-state index < -0.39 is 17.8 Å². The molecule has 2 aromatic carbocycles. The van der Waals surface area contributed by atoms with Crippen molar-refractivity contribution in [1.29, 1.82) is 0 Å². The molecule has 0 spiro atoms. The topological polar surface area (TPSA) is 79.4 Å². The molecule has 0 radical (unpaired) electrons. The Morgan fingerprint density at radius 3 is 2.17 bits per heavy atom. The Balaban J connectivity index is 1.47. The number of amides is 4. The molecule has 0 aliphatic carbocycles. The van der Waals surface area contributed by atoms with E-state index in [0.29, 0.717) is 24.6 Å². The first-order valence-corrected chi connectivity index (χ1v) is 9.69. The number of methoxy groups -OCH3 is 2. The lowest BCUT2D eigenvalue weighted by atomic mass is 9.99. The van der Waals surface area contributed by atoms with Gasteiger partial charge >= 0.3 is 17.8 Å². The summed E-state index contributed by atoms with van der Waals surface area (Å²) in [6.45, 7) is 1.36. The highest BCUT2D eigenvalue weighted by molar-refractivity contribution is 6.44. The van der Waals surface area contributed by atoms with Crippen molar-refractivity contribution in [2.24, 2.45) is 0 Å². The van der Waals surface area contributed by atoms with E-state index in [0.717, 1.165) is 32.9 Å². The van der Waals surface area contributed by atoms with E-state index in [-0.39, 0.29) is 13.2 Å². The third-order valence-corrected chi connectivity index (χ3v) is 5.46. The second kappa shape index (κ2) is 8.16. The van der Waals surface area contributed by atoms with Gasteiger partial charge in [0.1, 0.15) is 0 Å². The van der Waals surface area contributed by atoms with Gasteiger partial charge in [0.15, 0.2) is 11.5 Å². The predicted octanol–water partition coefficient (Wildman–Crippen LogP) is 2.01. The zero-order valence-electron chi connectivity index (χ0n) is 17.0. The number of imide groups is 2. The van der Waals surface area contributed by atoms with Gasteiger partial charge in [0.2, 0.25) is 0 Å². The molecule has 8 nitrogen and oxygen atoms in total. The zero-order valence-corrected chi connectivity index (χ0v) is 17.0. The number of nitrogens with zero attached hydrogens (tertiary/aromatic N) is 3. The van der Waals surface area contributed by atoms with Crippen molar-refractivity contribution in [3.8, 4) is 11.5 Å². The lowest BCUT2D eigenvalue weighted by Gasteiger charge is -2.31. The van der Waals surface area contributed by atoms with Crippen molar-refractivity contribution in [3.63, 3.8) is 0 Å². The molecule has 2 aliphatic rings. The summed E-state index contributed by atoms with van der Waals surface area (Å²) < 4.78 is 10.7. The summed E-state index contributed by atoms with van der Waals surface area (Å²) in [5.41, 5.74) is 2.98. The number of carbonyl (C=O) groups is 3. The van der Waals surface area contributed by atoms with Crippen molar-refractivity contribution in [2.75, 3.05) is 27.4 Å². The molecule has 0 unspecified atom stereocenters. The number of rotatable bonds is 6. The average Bonchev–Trinajstić information content (AvgIpc) is 2.97. The van der Waals surface area contributed by atoms with Gasteiger partial charge in [-0.2, -0.15) is 0 Å². The maximum absolute atomic E-state index is 12.8. The van der Waals surface area contributed by atoms with Gasteiger partial charge in [-0.25, -0.2) is 9.69 Å². The smallest absolute Gasteiger partial charge is 0.335 e. The molecule has 156 valence electrons. The van der Waals surface area contributed by atoms with Crippen LogP contribution in [0.5, 0.6) is 11.5 Å². The van der Waals surface area contributed by atoms with Crippen LogP contribution in [-0.4, -0.2) is 60.0 Å². The number of urea groups is 1. The van der Waals surface area contributed by atoms with Crippen molar-refractivity contribution < 1.29 is 23.9 Å². The first-order valence-electron chi connectivity index (χ1n) is 9.69. The van der Waals surface area contributed by atoms with Gasteiger partial charge in [-0.1, -0.05) is 30.3 Å². The molecule has 0 bridgehead atoms. The average molecular weight is 409 g/mol. The lowest BCUT2D eigenvalue weighted by molar-refractivity contribution is -0.144. The molecule has 0 N–H and O–H groups in total. The Bertz CT molecular complexity index is 992. The van der Waals surface area contributed by atoms with Gasteiger partial charge in [0.25, 0.3) is 0 Å². The van der Waals surface area contributed by atoms with Crippen LogP contribution in [0.25, 0.3) is 0 Å². The first kappa shape index (κ1) is 19.9. The van der Waals surface area contributed by atoms with Gasteiger partial charge in [-0.15, -0.1) is 0 Å². The van der Waals surface area contributed by atoms with E-state index >= 15 is 0 Å². The summed E-state index contributed by atoms with van der Waals surface area (Å²) in [5.74, 6) is -0.255. The summed E-state index contributed by atoms with van der Waals surface area (Å²) in [5, 5.41) is 0. The van der Waals surface area contributed by atoms with E-state index in [1.165, 1.54) is 0 Å². The fourth-order valence-electron chi connectivity index (χ4n) is 3.84. The van der Waals surface area contributed by atoms with Gasteiger partial charge in [0, 0.05) is 13.1 Å². The van der Waals surface area contributed by atoms with E-state index in [1.807, 2.05) is 47.4 Å². The second-order valence-corrected chi connectivity index (χ2v) is 7.31. The second-order valence-electron chi connectivity index (χ2n) is 7.31. The number of ether oxygens (including phenoxy) is 2. The van der Waals surface area contributed by atoms with E-state index in [4.69, 9.17) is 9.47 Å². The van der Waals surface area contributed by atoms with Crippen LogP contribution in [0.3, 0.4) is 0 Å². The van der Waals surface area contributed by atoms with Crippen molar-refractivity contribution in [2.45, 2.75) is 19.5 Å². The van der Waals surface area contributed by atoms with E-state index in [1.54, 1.807) is 14.2 Å². The molecule has 0 aromatic heterocycles. The molecule has 2 aromatic rings. The normalized spacial score (nSPS) is 16.8. The lowest BCUT2D eigenvalue weighted by Crippen LogP contribution is -2.44. The summed E-state index contributed by atoms with van der Waals surface area (Å²) >= 11 is 0. The Hall–Kier alpha value is -3.39. The van der Waals surface area contributed by atoms with E-state index in [9.17, 15) is 14.4 Å². The molecule has 4 amide bonds. The number of fused-ring (bicyclic) bond motifs is 1. The predicted molar refractivity (Wildman–Crippen MR) is 108 cm³/mol. The van der Waals surface area contributed by atoms with Crippen molar-refractivity contribution in [3.05, 3.63) is 59.2 Å². The van der Waals surface area contributed by atoms with E-state index in [2.05, 4.69) is 0 Å². The molecular weight excluding hydrogens is 386 g/mol. The highest BCUT2D eigenvalue weighted by atomic mass is 16.5. The maximum Gasteiger partial charge on any atom is 0.335 e. The molecule has 0 atom stereocenters. The number of hydrogen-bond acceptors (Lipinski definition) is 6. The van der Waals surface area contributed by atoms with Crippen LogP contribution in [0.2, 0.25) is 0 Å². The molecular formula is C22H23N3O5. The van der Waals surface area contributed by atoms with Crippen LogP contribution in [0.1, 0.15) is 16.7 Å². The van der Waals surface area contributed by atoms with Gasteiger partial charge in [0.05, 0.1) is 27.4 Å². The third kappa shape index (κ3) is 3.61. The fourth-order valence-corrected chi connectivity index (χ4v) is 3.84. The summed E-state index contributed by atoms with van der Waals surface area (Å²) in [7, 11) is 3.18. The van der Waals surface area contributed by atoms with Crippen LogP contribution >= 0.6 is 0 Å². The number of carbonyl (C=O) groups excluding carboxylic acids is 3. The minimum atomic E-state index is -0.785. The largest absolute Gasteiger partial charge is 0.493 e. The molecule has 8 heteroatoms. The van der Waals surface area contributed by atoms with Crippen molar-refractivity contribution in [1.82, 2.24) is 14.7 Å². The van der Waals surface area contributed by atoms with Gasteiger partial charge in [-0.3, -0.25) is 19.4 Å². The van der Waals surface area contributed by atoms with Crippen LogP contribution in [-0.2, 0) is 29.1 Å². The minimum absolute atomic E-state index is 0.0719. The number of hydrogen-bond donors (Lipinski definition) is 0. The summed E-state index contributed by atoms with van der Waals surface area (Å²) in [6, 6.07) is 12.4. The molecule has 0 saturated carbocycles. The molecule has 2 heterocycles. The molecule has 1 fully saturated rings. The summed E-state index contributed by atoms with van der Waals surface area (Å²) in [6.07, 6.45) is 0.744. The number of benzene rings is 2. The highest BCUT2D eigenvalue weighted by Crippen LogP contribution is 2.33. The van der Waals surface area contributed by atoms with Crippen LogP contribution in [0.4, 0.5) is 4.79 Å². The maximum atomic E-state index is 12.8. The molecule has 2 aliphatic heterocycles. The standard InChI is InChI=1S/C22H23N3O5/c1-29-18-10-16-8-9-23(13-17(16)11-19(18)30-2)14-25-21(27)20(26)24(22(25)28)12-15-6-4-3-5-7-15/h3-7,10-11H,8-9,12-14H2,1-2H3. The van der Waals surface area contributed by atoms with Crippen LogP contribution < -0.4 is 9.47 Å². The molecule has 30 heavy (non-hydrogen) atoms. The minimum Gasteiger partial charge on any atom is -0.493 e. The van der Waals surface area contributed by atoms with Crippen molar-refractivity contribution >= 4 is 17.8 Å². The van der Waals surface area contributed by atoms with Crippen LogP contribution in [0.15, 0.2) is 42.5 Å². The Morgan fingerprint density at radius 1 is 0.867 bits per heavy atom. The summed E-state index contributed by atoms with van der Waals surface area (Å²) in [4.78, 5) is 41.6. The zero-order chi connectivity index (χ0) is 21.3.